The van der Waals surface area contributed by atoms with Gasteiger partial charge in [-0.1, -0.05) is 464 Å². The van der Waals surface area contributed by atoms with Crippen LogP contribution < -0.4 is 0 Å². The molecule has 0 aromatic heterocycles. The highest BCUT2D eigenvalue weighted by Gasteiger charge is 2.17. The van der Waals surface area contributed by atoms with Crippen LogP contribution in [0.3, 0.4) is 0 Å². The summed E-state index contributed by atoms with van der Waals surface area (Å²) in [5.74, 6) is 0. The van der Waals surface area contributed by atoms with Crippen LogP contribution in [-0.4, -0.2) is 106 Å². The zero-order chi connectivity index (χ0) is 70.9. The van der Waals surface area contributed by atoms with E-state index in [4.69, 9.17) is 46.5 Å². The largest absolute Gasteiger partial charge is 0.474 e. The van der Waals surface area contributed by atoms with Gasteiger partial charge in [0.05, 0.1) is 0 Å². The maximum Gasteiger partial charge on any atom is 0.474 e. The Kier molecular flexibility index (Phi) is 96.6. The molecule has 0 radical (unpaired) electrons. The van der Waals surface area contributed by atoms with E-state index >= 15 is 0 Å². The Bertz CT molecular complexity index is 1220. The van der Waals surface area contributed by atoms with Gasteiger partial charge in [0.25, 0.3) is 60.0 Å². The lowest BCUT2D eigenvalue weighted by Gasteiger charge is -2.17. The van der Waals surface area contributed by atoms with E-state index in [1.807, 2.05) is 0 Å². The minimum atomic E-state index is -2.22. The second kappa shape index (κ2) is 95.4. The Balaban J connectivity index is 4.51. The van der Waals surface area contributed by atoms with Gasteiger partial charge < -0.3 is 46.5 Å². The van der Waals surface area contributed by atoms with Crippen LogP contribution in [0.4, 0.5) is 0 Å². The highest BCUT2D eigenvalue weighted by Crippen LogP contribution is 2.20. The first-order chi connectivity index (χ1) is 49.3. The molecule has 0 spiro atoms. The molecule has 0 unspecified atom stereocenters. The van der Waals surface area contributed by atoms with Gasteiger partial charge in [-0.25, -0.2) is 0 Å². The van der Waals surface area contributed by atoms with Crippen molar-refractivity contribution in [2.75, 3.05) is 26.4 Å². The summed E-state index contributed by atoms with van der Waals surface area (Å²) in [6.07, 6.45) is 99.5. The Hall–Kier alpha value is 1.30. The number of hydrogen-bond acceptors (Lipinski definition) is 11. The summed E-state index contributed by atoms with van der Waals surface area (Å²) < 4.78 is 67.5. The second-order valence-corrected chi connectivity index (χ2v) is 44.9. The van der Waals surface area contributed by atoms with Gasteiger partial charge in [-0.3, -0.25) is 0 Å². The molecular weight excluding hydrogens is 1360 g/mol. The lowest BCUT2D eigenvalue weighted by Crippen LogP contribution is -2.31. The standard InChI is InChI=1S/C80H178O11Si8/c1-5-9-13-17-21-25-29-33-37-41-45-49-53-57-61-65-69-73-77-81-98(82-78-74-70-66-62-58-54-50-46-42-38-34-30-26-22-18-14-10-6-2)90-96-88-94-86-92-85-93-87-95-89-97-91-99(83-79-75-71-67-63-59-55-51-47-43-39-35-31-27-23-19-15-11-7-3)84-80-76-72-68-64-60-56-52-48-44-40-36-32-28-24-20-16-12-8-4/h98-99H,5-80,92-97H2,1-4H3. The Morgan fingerprint density at radius 1 is 0.141 bits per heavy atom. The quantitative estimate of drug-likeness (QED) is 0.0430. The van der Waals surface area contributed by atoms with Gasteiger partial charge in [0, 0.05) is 26.4 Å². The molecule has 0 N–H and O–H groups in total. The maximum atomic E-state index is 6.32. The third-order valence-electron chi connectivity index (χ3n) is 20.2. The Labute approximate surface area is 637 Å². The molecule has 99 heavy (non-hydrogen) atoms. The first-order valence-corrected chi connectivity index (χ1v) is 54.6. The second-order valence-electron chi connectivity index (χ2n) is 30.2. The van der Waals surface area contributed by atoms with E-state index in [-0.39, 0.29) is 0 Å². The third kappa shape index (κ3) is 91.6. The van der Waals surface area contributed by atoms with Gasteiger partial charge in [-0.05, 0) is 25.7 Å². The molecular formula is C80H178O11Si8. The van der Waals surface area contributed by atoms with Crippen molar-refractivity contribution in [2.24, 2.45) is 0 Å². The summed E-state index contributed by atoms with van der Waals surface area (Å²) >= 11 is 0. The van der Waals surface area contributed by atoms with Crippen molar-refractivity contribution >= 4 is 79.1 Å². The molecule has 11 nitrogen and oxygen atoms in total. The van der Waals surface area contributed by atoms with E-state index in [0.29, 0.717) is 0 Å². The van der Waals surface area contributed by atoms with Crippen molar-refractivity contribution in [3.05, 3.63) is 0 Å². The van der Waals surface area contributed by atoms with Crippen LogP contribution in [0.25, 0.3) is 0 Å². The van der Waals surface area contributed by atoms with Crippen LogP contribution >= 0.6 is 0 Å². The molecule has 0 bridgehead atoms. The molecule has 0 aromatic rings. The fourth-order valence-electron chi connectivity index (χ4n) is 13.6. The van der Waals surface area contributed by atoms with Crippen molar-refractivity contribution in [1.29, 1.82) is 0 Å². The Morgan fingerprint density at radius 3 is 0.384 bits per heavy atom. The predicted molar refractivity (Wildman–Crippen MR) is 452 cm³/mol. The number of hydrogen-bond donors (Lipinski definition) is 0. The average Bonchev–Trinajstić information content (AvgIpc) is 3.74. The van der Waals surface area contributed by atoms with Crippen LogP contribution in [0.5, 0.6) is 0 Å². The van der Waals surface area contributed by atoms with Gasteiger partial charge in [-0.2, -0.15) is 0 Å². The molecule has 0 fully saturated rings. The van der Waals surface area contributed by atoms with Crippen molar-refractivity contribution < 1.29 is 46.5 Å². The van der Waals surface area contributed by atoms with Gasteiger partial charge in [0.15, 0.2) is 0 Å². The van der Waals surface area contributed by atoms with E-state index in [2.05, 4.69) is 27.7 Å². The molecule has 0 atom stereocenters. The van der Waals surface area contributed by atoms with Gasteiger partial charge >= 0.3 is 19.1 Å². The van der Waals surface area contributed by atoms with Gasteiger partial charge in [-0.15, -0.1) is 0 Å². The minimum Gasteiger partial charge on any atom is -0.425 e. The van der Waals surface area contributed by atoms with E-state index in [1.54, 1.807) is 0 Å². The smallest absolute Gasteiger partial charge is 0.425 e. The molecule has 19 heteroatoms. The molecule has 0 saturated heterocycles. The van der Waals surface area contributed by atoms with Crippen LogP contribution in [0.2, 0.25) is 0 Å². The zero-order valence-corrected chi connectivity index (χ0v) is 78.4. The normalized spacial score (nSPS) is 12.7. The van der Waals surface area contributed by atoms with E-state index in [1.165, 1.54) is 437 Å². The van der Waals surface area contributed by atoms with E-state index < -0.39 is 79.1 Å². The summed E-state index contributed by atoms with van der Waals surface area (Å²) in [5, 5.41) is 0. The first-order valence-electron chi connectivity index (χ1n) is 44.9. The molecule has 0 aliphatic carbocycles. The fraction of sp³-hybridized carbons (Fsp3) is 1.00. The molecule has 0 aliphatic rings. The molecule has 0 heterocycles. The van der Waals surface area contributed by atoms with E-state index in [9.17, 15) is 0 Å². The summed E-state index contributed by atoms with van der Waals surface area (Å²) in [7, 11) is -11.4. The summed E-state index contributed by atoms with van der Waals surface area (Å²) in [6, 6.07) is 0. The highest BCUT2D eigenvalue weighted by atomic mass is 28.4. The van der Waals surface area contributed by atoms with E-state index in [0.717, 1.165) is 52.1 Å². The van der Waals surface area contributed by atoms with Crippen LogP contribution in [0.15, 0.2) is 0 Å². The topological polar surface area (TPSA) is 102 Å². The number of rotatable bonds is 94. The molecule has 0 saturated carbocycles. The van der Waals surface area contributed by atoms with Gasteiger partial charge in [0.1, 0.15) is 0 Å². The predicted octanol–water partition coefficient (Wildman–Crippen LogP) is 22.8. The molecule has 0 aromatic carbocycles. The minimum absolute atomic E-state index is 0.730. The summed E-state index contributed by atoms with van der Waals surface area (Å²) in [6.45, 7) is 12.1. The average molecular weight is 1540 g/mol. The third-order valence-corrected chi connectivity index (χ3v) is 32.2. The molecule has 0 aliphatic heterocycles. The first kappa shape index (κ1) is 100. The summed E-state index contributed by atoms with van der Waals surface area (Å²) in [4.78, 5) is 0. The van der Waals surface area contributed by atoms with Crippen LogP contribution in [0.1, 0.15) is 490 Å². The summed E-state index contributed by atoms with van der Waals surface area (Å²) in [5.41, 5.74) is 0. The van der Waals surface area contributed by atoms with Crippen LogP contribution in [0, 0.1) is 0 Å². The Morgan fingerprint density at radius 2 is 0.253 bits per heavy atom. The molecule has 0 amide bonds. The monoisotopic (exact) mass is 1540 g/mol. The zero-order valence-electron chi connectivity index (χ0n) is 67.6. The molecule has 596 valence electrons. The van der Waals surface area contributed by atoms with Crippen molar-refractivity contribution in [1.82, 2.24) is 0 Å². The van der Waals surface area contributed by atoms with Crippen molar-refractivity contribution in [3.8, 4) is 0 Å². The van der Waals surface area contributed by atoms with Crippen LogP contribution in [-0.2, 0) is 46.5 Å². The lowest BCUT2D eigenvalue weighted by molar-refractivity contribution is 0.131. The maximum absolute atomic E-state index is 6.32. The highest BCUT2D eigenvalue weighted by molar-refractivity contribution is 6.51. The number of unbranched alkanes of at least 4 members (excludes halogenated alkanes) is 68. The van der Waals surface area contributed by atoms with Gasteiger partial charge in [0.2, 0.25) is 0 Å². The SMILES string of the molecule is CCCCCCCCCCCCCCCCCCCCO[SiH](OCCCCCCCCCCCCCCCCCCCC)O[SiH2]O[SiH2]O[SiH2]O[SiH2]O[SiH2]O[SiH2]O[SiH](OCCCCCCCCCCCCCCCCCCCC)OCCCCCCCCCCCCCCCCCCCC. The molecule has 0 rings (SSSR count). The lowest BCUT2D eigenvalue weighted by atomic mass is 10.0. The van der Waals surface area contributed by atoms with Crippen molar-refractivity contribution in [2.45, 2.75) is 490 Å². The van der Waals surface area contributed by atoms with Crippen molar-refractivity contribution in [3.63, 3.8) is 0 Å². The fourth-order valence-corrected chi connectivity index (χ4v) is 27.7.